The summed E-state index contributed by atoms with van der Waals surface area (Å²) in [5.74, 6) is -0.471. The van der Waals surface area contributed by atoms with Crippen molar-refractivity contribution in [1.82, 2.24) is 0 Å². The highest BCUT2D eigenvalue weighted by atomic mass is 35.5. The SMILES string of the molecule is Cc1cccc(O[C@H](C)C(=O)OCC(=O)Nc2ccc(Cl)cc2)c1. The van der Waals surface area contributed by atoms with E-state index in [1.165, 1.54) is 0 Å². The second-order valence-electron chi connectivity index (χ2n) is 5.24. The minimum atomic E-state index is -0.810. The van der Waals surface area contributed by atoms with E-state index in [1.807, 2.05) is 25.1 Å². The first-order chi connectivity index (χ1) is 11.4. The third-order valence-electron chi connectivity index (χ3n) is 3.11. The quantitative estimate of drug-likeness (QED) is 0.811. The van der Waals surface area contributed by atoms with E-state index in [0.717, 1.165) is 5.56 Å². The average Bonchev–Trinajstić information content (AvgIpc) is 2.54. The number of rotatable bonds is 6. The molecule has 5 nitrogen and oxygen atoms in total. The van der Waals surface area contributed by atoms with E-state index in [9.17, 15) is 9.59 Å². The van der Waals surface area contributed by atoms with Crippen LogP contribution in [0.3, 0.4) is 0 Å². The minimum absolute atomic E-state index is 0.386. The molecule has 0 heterocycles. The molecule has 2 rings (SSSR count). The fourth-order valence-corrected chi connectivity index (χ4v) is 2.05. The molecule has 1 atom stereocenters. The highest BCUT2D eigenvalue weighted by Crippen LogP contribution is 2.15. The molecule has 0 fully saturated rings. The maximum atomic E-state index is 11.9. The van der Waals surface area contributed by atoms with Gasteiger partial charge >= 0.3 is 5.97 Å². The number of ether oxygens (including phenoxy) is 2. The zero-order chi connectivity index (χ0) is 17.5. The summed E-state index contributed by atoms with van der Waals surface area (Å²) in [6.45, 7) is 3.11. The second-order valence-corrected chi connectivity index (χ2v) is 5.68. The van der Waals surface area contributed by atoms with Gasteiger partial charge in [-0.2, -0.15) is 0 Å². The van der Waals surface area contributed by atoms with Gasteiger partial charge in [0, 0.05) is 10.7 Å². The van der Waals surface area contributed by atoms with E-state index in [2.05, 4.69) is 5.32 Å². The molecular formula is C18H18ClNO4. The van der Waals surface area contributed by atoms with Crippen LogP contribution in [-0.4, -0.2) is 24.6 Å². The Morgan fingerprint density at radius 1 is 1.17 bits per heavy atom. The van der Waals surface area contributed by atoms with Gasteiger partial charge in [-0.25, -0.2) is 4.79 Å². The van der Waals surface area contributed by atoms with E-state index in [0.29, 0.717) is 16.5 Å². The van der Waals surface area contributed by atoms with Crippen molar-refractivity contribution in [2.45, 2.75) is 20.0 Å². The molecule has 2 aromatic carbocycles. The van der Waals surface area contributed by atoms with Gasteiger partial charge in [0.15, 0.2) is 12.7 Å². The molecule has 0 aliphatic carbocycles. The summed E-state index contributed by atoms with van der Waals surface area (Å²) in [6.07, 6.45) is -0.810. The molecule has 0 radical (unpaired) electrons. The number of anilines is 1. The van der Waals surface area contributed by atoms with Gasteiger partial charge in [-0.3, -0.25) is 4.79 Å². The van der Waals surface area contributed by atoms with Crippen LogP contribution in [0.4, 0.5) is 5.69 Å². The maximum Gasteiger partial charge on any atom is 0.347 e. The monoisotopic (exact) mass is 347 g/mol. The lowest BCUT2D eigenvalue weighted by Crippen LogP contribution is -2.29. The summed E-state index contributed by atoms with van der Waals surface area (Å²) in [5.41, 5.74) is 1.60. The number of carbonyl (C=O) groups excluding carboxylic acids is 2. The lowest BCUT2D eigenvalue weighted by atomic mass is 10.2. The van der Waals surface area contributed by atoms with Crippen molar-refractivity contribution in [3.8, 4) is 5.75 Å². The van der Waals surface area contributed by atoms with Crippen LogP contribution in [0.5, 0.6) is 5.75 Å². The van der Waals surface area contributed by atoms with Crippen molar-refractivity contribution in [2.24, 2.45) is 0 Å². The minimum Gasteiger partial charge on any atom is -0.479 e. The third-order valence-corrected chi connectivity index (χ3v) is 3.36. The molecule has 2 aromatic rings. The number of amides is 1. The van der Waals surface area contributed by atoms with Crippen LogP contribution >= 0.6 is 11.6 Å². The zero-order valence-corrected chi connectivity index (χ0v) is 14.2. The zero-order valence-electron chi connectivity index (χ0n) is 13.4. The first-order valence-electron chi connectivity index (χ1n) is 7.39. The van der Waals surface area contributed by atoms with Crippen molar-refractivity contribution in [1.29, 1.82) is 0 Å². The van der Waals surface area contributed by atoms with Gasteiger partial charge in [0.05, 0.1) is 0 Å². The van der Waals surface area contributed by atoms with Crippen molar-refractivity contribution in [2.75, 3.05) is 11.9 Å². The Kier molecular flexibility index (Phi) is 6.21. The van der Waals surface area contributed by atoms with Gasteiger partial charge in [-0.05, 0) is 55.8 Å². The van der Waals surface area contributed by atoms with Crippen LogP contribution in [0.25, 0.3) is 0 Å². The Hall–Kier alpha value is -2.53. The standard InChI is InChI=1S/C18H18ClNO4/c1-12-4-3-5-16(10-12)24-13(2)18(22)23-11-17(21)20-15-8-6-14(19)7-9-15/h3-10,13H,11H2,1-2H3,(H,20,21)/t13-/m1/s1. The summed E-state index contributed by atoms with van der Waals surface area (Å²) in [7, 11) is 0. The summed E-state index contributed by atoms with van der Waals surface area (Å²) >= 11 is 5.77. The third kappa shape index (κ3) is 5.59. The number of nitrogens with one attached hydrogen (secondary N) is 1. The molecule has 0 aromatic heterocycles. The number of benzene rings is 2. The Labute approximate surface area is 145 Å². The smallest absolute Gasteiger partial charge is 0.347 e. The van der Waals surface area contributed by atoms with E-state index in [1.54, 1.807) is 37.3 Å². The molecule has 0 unspecified atom stereocenters. The molecule has 0 bridgehead atoms. The summed E-state index contributed by atoms with van der Waals surface area (Å²) < 4.78 is 10.5. The predicted molar refractivity (Wildman–Crippen MR) is 92.3 cm³/mol. The van der Waals surface area contributed by atoms with Crippen LogP contribution in [0.15, 0.2) is 48.5 Å². The molecule has 1 amide bonds. The summed E-state index contributed by atoms with van der Waals surface area (Å²) in [6, 6.07) is 14.0. The van der Waals surface area contributed by atoms with Crippen LogP contribution in [0.2, 0.25) is 5.02 Å². The number of hydrogen-bond donors (Lipinski definition) is 1. The van der Waals surface area contributed by atoms with Crippen molar-refractivity contribution >= 4 is 29.2 Å². The lowest BCUT2D eigenvalue weighted by molar-refractivity contribution is -0.153. The predicted octanol–water partition coefficient (Wildman–Crippen LogP) is 3.60. The molecule has 24 heavy (non-hydrogen) atoms. The number of aryl methyl sites for hydroxylation is 1. The van der Waals surface area contributed by atoms with E-state index < -0.39 is 18.0 Å². The number of esters is 1. The first kappa shape index (κ1) is 17.8. The normalized spacial score (nSPS) is 11.5. The number of hydrogen-bond acceptors (Lipinski definition) is 4. The number of halogens is 1. The first-order valence-corrected chi connectivity index (χ1v) is 7.77. The van der Waals surface area contributed by atoms with Gasteiger partial charge in [-0.1, -0.05) is 23.7 Å². The van der Waals surface area contributed by atoms with Crippen LogP contribution in [-0.2, 0) is 14.3 Å². The van der Waals surface area contributed by atoms with Gasteiger partial charge in [-0.15, -0.1) is 0 Å². The summed E-state index contributed by atoms with van der Waals surface area (Å²) in [4.78, 5) is 23.7. The molecule has 0 aliphatic rings. The molecule has 0 spiro atoms. The second kappa shape index (κ2) is 8.36. The molecule has 0 saturated heterocycles. The van der Waals surface area contributed by atoms with Crippen molar-refractivity contribution < 1.29 is 19.1 Å². The van der Waals surface area contributed by atoms with Gasteiger partial charge in [0.2, 0.25) is 0 Å². The van der Waals surface area contributed by atoms with Crippen LogP contribution in [0, 0.1) is 6.92 Å². The van der Waals surface area contributed by atoms with Crippen molar-refractivity contribution in [3.05, 3.63) is 59.1 Å². The van der Waals surface area contributed by atoms with E-state index in [-0.39, 0.29) is 6.61 Å². The van der Waals surface area contributed by atoms with Gasteiger partial charge < -0.3 is 14.8 Å². The molecule has 1 N–H and O–H groups in total. The fourth-order valence-electron chi connectivity index (χ4n) is 1.93. The maximum absolute atomic E-state index is 11.9. The highest BCUT2D eigenvalue weighted by molar-refractivity contribution is 6.30. The van der Waals surface area contributed by atoms with E-state index in [4.69, 9.17) is 21.1 Å². The highest BCUT2D eigenvalue weighted by Gasteiger charge is 2.18. The average molecular weight is 348 g/mol. The Morgan fingerprint density at radius 2 is 1.88 bits per heavy atom. The molecule has 6 heteroatoms. The summed E-state index contributed by atoms with van der Waals surface area (Å²) in [5, 5.41) is 3.18. The topological polar surface area (TPSA) is 64.6 Å². The van der Waals surface area contributed by atoms with E-state index >= 15 is 0 Å². The van der Waals surface area contributed by atoms with Gasteiger partial charge in [0.25, 0.3) is 5.91 Å². The largest absolute Gasteiger partial charge is 0.479 e. The molecule has 0 aliphatic heterocycles. The Morgan fingerprint density at radius 3 is 2.54 bits per heavy atom. The van der Waals surface area contributed by atoms with Crippen LogP contribution in [0.1, 0.15) is 12.5 Å². The lowest BCUT2D eigenvalue weighted by Gasteiger charge is -2.14. The Balaban J connectivity index is 1.79. The fraction of sp³-hybridized carbons (Fsp3) is 0.222. The van der Waals surface area contributed by atoms with Crippen LogP contribution < -0.4 is 10.1 Å². The Bertz CT molecular complexity index is 715. The van der Waals surface area contributed by atoms with Crippen molar-refractivity contribution in [3.63, 3.8) is 0 Å². The molecule has 126 valence electrons. The van der Waals surface area contributed by atoms with Gasteiger partial charge in [0.1, 0.15) is 5.75 Å². The molecular weight excluding hydrogens is 330 g/mol. The number of carbonyl (C=O) groups is 2. The molecule has 0 saturated carbocycles.